The van der Waals surface area contributed by atoms with Gasteiger partial charge in [-0.05, 0) is 46.0 Å². The average molecular weight is 1060 g/mol. The van der Waals surface area contributed by atoms with Gasteiger partial charge in [-0.3, -0.25) is 4.79 Å². The SMILES string of the molecule is CCOC(=O)c1csc([C@@H](COC(=O)c2csc([C@@H](OC(=O)[C@@H](C)[C@H](CCCC(C)(Cl)Cl)OC(=O)[C@](OC)(c3ccccc3)C(F)(F)F)C(C)C)n2)OC(=O)[C@](OC)(c2ccccc2)C(F)(F)F)n1. The molecule has 0 spiro atoms. The summed E-state index contributed by atoms with van der Waals surface area (Å²) in [5.41, 5.74) is -9.10. The molecule has 0 saturated heterocycles. The number of thiazole rings is 2. The molecule has 24 heteroatoms. The topological polar surface area (TPSA) is 176 Å². The highest BCUT2D eigenvalue weighted by Gasteiger charge is 2.65. The van der Waals surface area contributed by atoms with Gasteiger partial charge in [0.15, 0.2) is 23.6 Å². The fraction of sp³-hybridized carbons (Fsp3) is 0.489. The smallest absolute Gasteiger partial charge is 0.432 e. The first kappa shape index (κ1) is 56.7. The third-order valence-corrected chi connectivity index (χ3v) is 12.6. The van der Waals surface area contributed by atoms with Crippen molar-refractivity contribution in [1.82, 2.24) is 9.97 Å². The Hall–Kier alpha value is -4.87. The third kappa shape index (κ3) is 13.5. The van der Waals surface area contributed by atoms with Crippen LogP contribution in [0.1, 0.15) is 108 Å². The lowest BCUT2D eigenvalue weighted by Gasteiger charge is -2.35. The molecule has 0 N–H and O–H groups in total. The molecular formula is C45H48Cl2F6N2O12S2. The molecule has 0 unspecified atom stereocenters. The molecule has 2 aromatic carbocycles. The lowest BCUT2D eigenvalue weighted by molar-refractivity contribution is -0.279. The van der Waals surface area contributed by atoms with Crippen molar-refractivity contribution in [1.29, 1.82) is 0 Å². The number of esters is 5. The van der Waals surface area contributed by atoms with Crippen LogP contribution in [0.15, 0.2) is 71.4 Å². The summed E-state index contributed by atoms with van der Waals surface area (Å²) in [5, 5.41) is 2.19. The summed E-state index contributed by atoms with van der Waals surface area (Å²) in [6, 6.07) is 12.0. The van der Waals surface area contributed by atoms with Crippen molar-refractivity contribution < 1.29 is 83.5 Å². The van der Waals surface area contributed by atoms with Gasteiger partial charge in [-0.1, -0.05) is 74.5 Å². The number of alkyl halides is 8. The van der Waals surface area contributed by atoms with Crippen LogP contribution in [-0.2, 0) is 58.7 Å². The molecule has 378 valence electrons. The van der Waals surface area contributed by atoms with Crippen LogP contribution >= 0.6 is 45.9 Å². The van der Waals surface area contributed by atoms with E-state index in [-0.39, 0.29) is 47.3 Å². The van der Waals surface area contributed by atoms with Gasteiger partial charge in [0.1, 0.15) is 27.1 Å². The predicted octanol–water partition coefficient (Wildman–Crippen LogP) is 10.6. The van der Waals surface area contributed by atoms with Crippen LogP contribution in [0.3, 0.4) is 0 Å². The number of methoxy groups -OCH3 is 2. The second-order valence-corrected chi connectivity index (χ2v) is 19.3. The van der Waals surface area contributed by atoms with Gasteiger partial charge in [0, 0.05) is 36.1 Å². The first-order valence-electron chi connectivity index (χ1n) is 20.9. The molecule has 0 bridgehead atoms. The fourth-order valence-corrected chi connectivity index (χ4v) is 8.77. The Labute approximate surface area is 410 Å². The second kappa shape index (κ2) is 23.8. The lowest BCUT2D eigenvalue weighted by atomic mass is 9.92. The van der Waals surface area contributed by atoms with Crippen molar-refractivity contribution in [2.24, 2.45) is 11.8 Å². The van der Waals surface area contributed by atoms with Crippen molar-refractivity contribution >= 4 is 75.7 Å². The first-order chi connectivity index (χ1) is 32.3. The highest BCUT2D eigenvalue weighted by Crippen LogP contribution is 2.46. The highest BCUT2D eigenvalue weighted by molar-refractivity contribution is 7.10. The molecule has 6 atom stereocenters. The lowest BCUT2D eigenvalue weighted by Crippen LogP contribution is -2.53. The second-order valence-electron chi connectivity index (χ2n) is 15.6. The van der Waals surface area contributed by atoms with Crippen LogP contribution in [0.5, 0.6) is 0 Å². The van der Waals surface area contributed by atoms with Gasteiger partial charge in [-0.25, -0.2) is 29.1 Å². The van der Waals surface area contributed by atoms with Gasteiger partial charge in [-0.15, -0.1) is 45.9 Å². The number of hydrogen-bond acceptors (Lipinski definition) is 16. The number of hydrogen-bond donors (Lipinski definition) is 0. The molecule has 14 nitrogen and oxygen atoms in total. The molecule has 4 aromatic rings. The van der Waals surface area contributed by atoms with Gasteiger partial charge < -0.3 is 33.2 Å². The Bertz CT molecular complexity index is 2370. The van der Waals surface area contributed by atoms with E-state index >= 15 is 0 Å². The van der Waals surface area contributed by atoms with Gasteiger partial charge >= 0.3 is 42.2 Å². The molecule has 0 amide bonds. The van der Waals surface area contributed by atoms with E-state index in [1.807, 2.05) is 0 Å². The molecule has 4 rings (SSSR count). The molecule has 0 aliphatic carbocycles. The summed E-state index contributed by atoms with van der Waals surface area (Å²) in [4.78, 5) is 75.4. The van der Waals surface area contributed by atoms with E-state index in [4.69, 9.17) is 56.4 Å². The minimum atomic E-state index is -5.38. The molecule has 2 heterocycles. The Morgan fingerprint density at radius 2 is 1.14 bits per heavy atom. The number of carbonyl (C=O) groups excluding carboxylic acids is 5. The Morgan fingerprint density at radius 1 is 0.681 bits per heavy atom. The fourth-order valence-electron chi connectivity index (χ4n) is 6.71. The van der Waals surface area contributed by atoms with E-state index in [1.54, 1.807) is 13.8 Å². The van der Waals surface area contributed by atoms with Crippen molar-refractivity contribution in [3.63, 3.8) is 0 Å². The number of halogens is 8. The molecule has 0 saturated carbocycles. The minimum Gasteiger partial charge on any atom is -0.461 e. The summed E-state index contributed by atoms with van der Waals surface area (Å²) < 4.78 is 124. The summed E-state index contributed by atoms with van der Waals surface area (Å²) >= 11 is 13.8. The van der Waals surface area contributed by atoms with Crippen LogP contribution in [-0.4, -0.2) is 90.0 Å². The monoisotopic (exact) mass is 1060 g/mol. The normalized spacial score (nSPS) is 15.7. The number of ether oxygens (including phenoxy) is 7. The quantitative estimate of drug-likeness (QED) is 0.0297. The summed E-state index contributed by atoms with van der Waals surface area (Å²) in [7, 11) is 1.35. The zero-order valence-corrected chi connectivity index (χ0v) is 41.1. The minimum absolute atomic E-state index is 0.0329. The third-order valence-electron chi connectivity index (χ3n) is 10.4. The standard InChI is InChI=1S/C45H48Cl2F6N2O12S2/c1-8-63-37(57)29-23-68-34(54-29)32(66-40(60)43(62-7,45(51,52)53)28-18-13-10-14-19-28)22-64-38(58)30-24-69-35(55-30)33(25(2)3)67-36(56)26(4)31(20-15-21-41(5,46)47)65-39(59)42(61-6,44(48,49)50)27-16-11-9-12-17-27/h9-14,16-19,23-26,31-33H,8,15,20-22H2,1-7H3/t26-,31-,32+,33-,42+,43+/m0/s1. The number of aromatic nitrogens is 2. The number of rotatable bonds is 23. The van der Waals surface area contributed by atoms with Gasteiger partial charge in [0.05, 0.1) is 12.5 Å². The number of nitrogens with zero attached hydrogens (tertiary/aromatic N) is 2. The van der Waals surface area contributed by atoms with E-state index in [0.29, 0.717) is 25.6 Å². The highest BCUT2D eigenvalue weighted by atomic mass is 35.5. The average Bonchev–Trinajstić information content (AvgIpc) is 3.98. The van der Waals surface area contributed by atoms with Crippen molar-refractivity contribution in [3.05, 3.63) is 104 Å². The maximum Gasteiger partial charge on any atom is 0.432 e. The molecule has 0 radical (unpaired) electrons. The predicted molar refractivity (Wildman–Crippen MR) is 238 cm³/mol. The molecule has 0 aliphatic rings. The van der Waals surface area contributed by atoms with E-state index in [9.17, 15) is 50.3 Å². The Morgan fingerprint density at radius 3 is 1.59 bits per heavy atom. The van der Waals surface area contributed by atoms with E-state index in [1.165, 1.54) is 67.9 Å². The van der Waals surface area contributed by atoms with Gasteiger partial charge in [0.25, 0.3) is 11.2 Å². The maximum absolute atomic E-state index is 14.8. The number of carbonyl (C=O) groups is 5. The van der Waals surface area contributed by atoms with Crippen molar-refractivity contribution in [3.8, 4) is 0 Å². The van der Waals surface area contributed by atoms with Gasteiger partial charge in [0.2, 0.25) is 0 Å². The summed E-state index contributed by atoms with van der Waals surface area (Å²) in [6.07, 6.45) is -15.3. The molecule has 0 aliphatic heterocycles. The van der Waals surface area contributed by atoms with Crippen molar-refractivity contribution in [2.45, 2.75) is 100 Å². The maximum atomic E-state index is 14.8. The largest absolute Gasteiger partial charge is 0.461 e. The van der Waals surface area contributed by atoms with Crippen LogP contribution in [0, 0.1) is 11.8 Å². The number of benzene rings is 2. The summed E-state index contributed by atoms with van der Waals surface area (Å²) in [6.45, 7) is 6.55. The van der Waals surface area contributed by atoms with Crippen LogP contribution in [0.4, 0.5) is 26.3 Å². The van der Waals surface area contributed by atoms with Crippen LogP contribution < -0.4 is 0 Å². The molecule has 0 fully saturated rings. The summed E-state index contributed by atoms with van der Waals surface area (Å²) in [5.74, 6) is -8.88. The molecule has 69 heavy (non-hydrogen) atoms. The van der Waals surface area contributed by atoms with Crippen LogP contribution in [0.25, 0.3) is 0 Å². The van der Waals surface area contributed by atoms with E-state index < -0.39 is 106 Å². The van der Waals surface area contributed by atoms with Crippen molar-refractivity contribution in [2.75, 3.05) is 27.4 Å². The first-order valence-corrected chi connectivity index (χ1v) is 23.4. The van der Waals surface area contributed by atoms with Gasteiger partial charge in [-0.2, -0.15) is 26.3 Å². The zero-order valence-electron chi connectivity index (χ0n) is 38.0. The Kier molecular flexibility index (Phi) is 19.6. The van der Waals surface area contributed by atoms with E-state index in [0.717, 1.165) is 35.6 Å². The molecule has 2 aromatic heterocycles. The zero-order chi connectivity index (χ0) is 51.5. The van der Waals surface area contributed by atoms with E-state index in [2.05, 4.69) is 9.97 Å². The molecular weight excluding hydrogens is 1010 g/mol. The van der Waals surface area contributed by atoms with Crippen LogP contribution in [0.2, 0.25) is 0 Å². The Balaban J connectivity index is 1.59.